The molecule has 144 valence electrons. The Labute approximate surface area is 169 Å². The molecular formula is C20H17BrN2O5. The van der Waals surface area contributed by atoms with Gasteiger partial charge >= 0.3 is 6.16 Å². The van der Waals surface area contributed by atoms with Crippen molar-refractivity contribution in [3.05, 3.63) is 58.6 Å². The number of hydrogen-bond donors (Lipinski definition) is 1. The minimum Gasteiger partial charge on any atom is -0.449 e. The third-order valence-corrected chi connectivity index (χ3v) is 5.54. The number of amides is 1. The maximum Gasteiger partial charge on any atom is 0.513 e. The number of anilines is 1. The highest BCUT2D eigenvalue weighted by atomic mass is 79.9. The van der Waals surface area contributed by atoms with Crippen LogP contribution in [-0.2, 0) is 0 Å². The summed E-state index contributed by atoms with van der Waals surface area (Å²) in [5.41, 5.74) is 2.19. The molecule has 1 N–H and O–H groups in total. The van der Waals surface area contributed by atoms with Crippen LogP contribution < -0.4 is 9.64 Å². The van der Waals surface area contributed by atoms with Crippen LogP contribution in [0.5, 0.6) is 5.95 Å². The lowest BCUT2D eigenvalue weighted by Gasteiger charge is -2.36. The first kappa shape index (κ1) is 18.4. The van der Waals surface area contributed by atoms with Gasteiger partial charge in [-0.05, 0) is 40.2 Å². The van der Waals surface area contributed by atoms with E-state index in [2.05, 4.69) is 25.6 Å². The molecular weight excluding hydrogens is 428 g/mol. The second kappa shape index (κ2) is 7.55. The second-order valence-electron chi connectivity index (χ2n) is 6.39. The number of carbonyl (C=O) groups is 2. The minimum atomic E-state index is -1.42. The molecule has 2 heterocycles. The van der Waals surface area contributed by atoms with Crippen molar-refractivity contribution in [1.29, 1.82) is 0 Å². The lowest BCUT2D eigenvalue weighted by molar-refractivity contribution is 0.0746. The predicted molar refractivity (Wildman–Crippen MR) is 107 cm³/mol. The fourth-order valence-electron chi connectivity index (χ4n) is 3.34. The monoisotopic (exact) mass is 444 g/mol. The smallest absolute Gasteiger partial charge is 0.449 e. The maximum absolute atomic E-state index is 12.6. The van der Waals surface area contributed by atoms with Crippen molar-refractivity contribution in [2.45, 2.75) is 0 Å². The summed E-state index contributed by atoms with van der Waals surface area (Å²) in [5.74, 6) is -0.0290. The summed E-state index contributed by atoms with van der Waals surface area (Å²) < 4.78 is 10.8. The van der Waals surface area contributed by atoms with Gasteiger partial charge in [0, 0.05) is 43.2 Å². The van der Waals surface area contributed by atoms with Gasteiger partial charge in [-0.25, -0.2) is 4.79 Å². The van der Waals surface area contributed by atoms with E-state index in [-0.39, 0.29) is 11.9 Å². The highest BCUT2D eigenvalue weighted by Gasteiger charge is 2.24. The topological polar surface area (TPSA) is 83.2 Å². The first-order valence-electron chi connectivity index (χ1n) is 8.75. The van der Waals surface area contributed by atoms with Gasteiger partial charge in [-0.2, -0.15) is 0 Å². The number of carbonyl (C=O) groups excluding carboxylic acids is 1. The molecule has 1 aliphatic heterocycles. The van der Waals surface area contributed by atoms with Crippen LogP contribution in [-0.4, -0.2) is 48.2 Å². The molecule has 0 bridgehead atoms. The van der Waals surface area contributed by atoms with Gasteiger partial charge in [-0.3, -0.25) is 4.79 Å². The van der Waals surface area contributed by atoms with Crippen LogP contribution in [0, 0.1) is 0 Å². The van der Waals surface area contributed by atoms with E-state index in [1.165, 1.54) is 0 Å². The number of rotatable bonds is 3. The van der Waals surface area contributed by atoms with Gasteiger partial charge in [0.25, 0.3) is 11.9 Å². The summed E-state index contributed by atoms with van der Waals surface area (Å²) in [5, 5.41) is 9.47. The number of furan rings is 1. The van der Waals surface area contributed by atoms with Crippen LogP contribution in [0.3, 0.4) is 0 Å². The highest BCUT2D eigenvalue weighted by molar-refractivity contribution is 9.10. The molecule has 28 heavy (non-hydrogen) atoms. The van der Waals surface area contributed by atoms with Gasteiger partial charge in [0.2, 0.25) is 0 Å². The molecule has 3 aromatic rings. The summed E-state index contributed by atoms with van der Waals surface area (Å²) in [6.45, 7) is 2.63. The third-order valence-electron chi connectivity index (χ3n) is 4.71. The van der Waals surface area contributed by atoms with Crippen LogP contribution in [0.2, 0.25) is 0 Å². The number of piperazine rings is 1. The Hall–Kier alpha value is -3.00. The third kappa shape index (κ3) is 3.55. The lowest BCUT2D eigenvalue weighted by Crippen LogP contribution is -2.48. The second-order valence-corrected chi connectivity index (χ2v) is 7.18. The number of benzene rings is 2. The largest absolute Gasteiger partial charge is 0.513 e. The molecule has 1 fully saturated rings. The number of hydrogen-bond acceptors (Lipinski definition) is 5. The van der Waals surface area contributed by atoms with E-state index in [0.717, 1.165) is 15.5 Å². The zero-order valence-corrected chi connectivity index (χ0v) is 16.4. The normalized spacial score (nSPS) is 14.3. The fraction of sp³-hybridized carbons (Fsp3) is 0.200. The van der Waals surface area contributed by atoms with E-state index in [4.69, 9.17) is 9.52 Å². The van der Waals surface area contributed by atoms with E-state index in [1.54, 1.807) is 12.1 Å². The van der Waals surface area contributed by atoms with Crippen molar-refractivity contribution in [1.82, 2.24) is 4.90 Å². The van der Waals surface area contributed by atoms with Crippen LogP contribution in [0.25, 0.3) is 11.0 Å². The number of halogens is 1. The van der Waals surface area contributed by atoms with Crippen molar-refractivity contribution < 1.29 is 23.8 Å². The van der Waals surface area contributed by atoms with Gasteiger partial charge in [0.1, 0.15) is 5.58 Å². The quantitative estimate of drug-likeness (QED) is 0.609. The van der Waals surface area contributed by atoms with Crippen molar-refractivity contribution in [3.63, 3.8) is 0 Å². The zero-order chi connectivity index (χ0) is 19.7. The van der Waals surface area contributed by atoms with Crippen molar-refractivity contribution in [3.8, 4) is 5.95 Å². The Morgan fingerprint density at radius 1 is 1.04 bits per heavy atom. The van der Waals surface area contributed by atoms with Gasteiger partial charge in [-0.1, -0.05) is 18.2 Å². The molecule has 1 aromatic heterocycles. The van der Waals surface area contributed by atoms with E-state index in [0.29, 0.717) is 37.3 Å². The van der Waals surface area contributed by atoms with Crippen LogP contribution in [0.4, 0.5) is 10.5 Å². The van der Waals surface area contributed by atoms with Crippen molar-refractivity contribution in [2.24, 2.45) is 0 Å². The SMILES string of the molecule is O=C(O)Oc1cc2c(Br)c(N3CCN(C(=O)c4ccccc4)CC3)ccc2o1. The molecule has 0 atom stereocenters. The minimum absolute atomic E-state index is 0.0417. The van der Waals surface area contributed by atoms with Gasteiger partial charge in [0.15, 0.2) is 0 Å². The number of nitrogens with zero attached hydrogens (tertiary/aromatic N) is 2. The summed E-state index contributed by atoms with van der Waals surface area (Å²) in [7, 11) is 0. The molecule has 1 amide bonds. The first-order chi connectivity index (χ1) is 13.5. The highest BCUT2D eigenvalue weighted by Crippen LogP contribution is 2.38. The zero-order valence-electron chi connectivity index (χ0n) is 14.8. The molecule has 0 saturated carbocycles. The molecule has 0 radical (unpaired) electrons. The average Bonchev–Trinajstić information content (AvgIpc) is 3.11. The molecule has 8 heteroatoms. The predicted octanol–water partition coefficient (Wildman–Crippen LogP) is 4.21. The van der Waals surface area contributed by atoms with E-state index < -0.39 is 6.16 Å². The average molecular weight is 445 g/mol. The number of fused-ring (bicyclic) bond motifs is 1. The van der Waals surface area contributed by atoms with Crippen LogP contribution >= 0.6 is 15.9 Å². The van der Waals surface area contributed by atoms with Crippen LogP contribution in [0.1, 0.15) is 10.4 Å². The molecule has 0 spiro atoms. The summed E-state index contributed by atoms with van der Waals surface area (Å²) in [6.07, 6.45) is -1.42. The Kier molecular flexibility index (Phi) is 4.95. The van der Waals surface area contributed by atoms with Gasteiger partial charge in [-0.15, -0.1) is 0 Å². The summed E-state index contributed by atoms with van der Waals surface area (Å²) >= 11 is 3.59. The van der Waals surface area contributed by atoms with E-state index in [9.17, 15) is 9.59 Å². The number of ether oxygens (including phenoxy) is 1. The maximum atomic E-state index is 12.6. The molecule has 1 aliphatic rings. The lowest BCUT2D eigenvalue weighted by atomic mass is 10.1. The Balaban J connectivity index is 1.50. The fourth-order valence-corrected chi connectivity index (χ4v) is 4.03. The molecule has 7 nitrogen and oxygen atoms in total. The Morgan fingerprint density at radius 2 is 1.75 bits per heavy atom. The van der Waals surface area contributed by atoms with Crippen LogP contribution in [0.15, 0.2) is 57.4 Å². The molecule has 2 aromatic carbocycles. The number of carboxylic acid groups (broad SMARTS) is 1. The Morgan fingerprint density at radius 3 is 2.43 bits per heavy atom. The first-order valence-corrected chi connectivity index (χ1v) is 9.54. The van der Waals surface area contributed by atoms with Crippen molar-refractivity contribution >= 4 is 44.6 Å². The van der Waals surface area contributed by atoms with Gasteiger partial charge < -0.3 is 24.1 Å². The molecule has 0 aliphatic carbocycles. The Bertz CT molecular complexity index is 1030. The van der Waals surface area contributed by atoms with E-state index >= 15 is 0 Å². The molecule has 1 saturated heterocycles. The molecule has 0 unspecified atom stereocenters. The summed E-state index contributed by atoms with van der Waals surface area (Å²) in [4.78, 5) is 27.3. The van der Waals surface area contributed by atoms with Gasteiger partial charge in [0.05, 0.1) is 10.2 Å². The molecule has 4 rings (SSSR count). The standard InChI is InChI=1S/C20H17BrN2O5/c21-18-14-12-17(28-20(25)26)27-16(14)7-6-15(18)22-8-10-23(11-9-22)19(24)13-4-2-1-3-5-13/h1-7,12H,8-11H2,(H,25,26). The summed E-state index contributed by atoms with van der Waals surface area (Å²) in [6, 6.07) is 14.5. The van der Waals surface area contributed by atoms with Crippen molar-refractivity contribution in [2.75, 3.05) is 31.1 Å². The van der Waals surface area contributed by atoms with E-state index in [1.807, 2.05) is 41.3 Å².